The van der Waals surface area contributed by atoms with Crippen molar-refractivity contribution in [3.8, 4) is 0 Å². The highest BCUT2D eigenvalue weighted by atomic mass is 16.4. The molecule has 0 spiro atoms. The predicted octanol–water partition coefficient (Wildman–Crippen LogP) is 1.39. The van der Waals surface area contributed by atoms with E-state index in [0.717, 1.165) is 31.4 Å². The Kier molecular flexibility index (Phi) is 3.92. The molecule has 0 aromatic rings. The van der Waals surface area contributed by atoms with Crippen molar-refractivity contribution in [2.45, 2.75) is 39.2 Å². The summed E-state index contributed by atoms with van der Waals surface area (Å²) >= 11 is 0. The molecule has 0 aliphatic heterocycles. The van der Waals surface area contributed by atoms with Crippen LogP contribution in [0.15, 0.2) is 5.16 Å². The van der Waals surface area contributed by atoms with Crippen LogP contribution in [0, 0.1) is 11.8 Å². The molecule has 1 saturated carbocycles. The molecule has 4 nitrogen and oxygen atoms in total. The smallest absolute Gasteiger partial charge is 0.207 e. The lowest BCUT2D eigenvalue weighted by Gasteiger charge is -2.33. The van der Waals surface area contributed by atoms with E-state index in [2.05, 4.69) is 17.4 Å². The Labute approximate surface area is 84.4 Å². The second kappa shape index (κ2) is 4.98. The number of hydrogen-bond donors (Lipinski definition) is 2. The topological polar surface area (TPSA) is 61.7 Å². The van der Waals surface area contributed by atoms with Gasteiger partial charge in [0.05, 0.1) is 5.71 Å². The van der Waals surface area contributed by atoms with E-state index < -0.39 is 0 Å². The predicted molar refractivity (Wildman–Crippen MR) is 54.4 cm³/mol. The highest BCUT2D eigenvalue weighted by Gasteiger charge is 2.28. The number of oxime groups is 1. The zero-order valence-electron chi connectivity index (χ0n) is 8.73. The van der Waals surface area contributed by atoms with Crippen LogP contribution in [0.3, 0.4) is 0 Å². The van der Waals surface area contributed by atoms with Crippen molar-refractivity contribution in [3.05, 3.63) is 0 Å². The third-order valence-corrected chi connectivity index (χ3v) is 3.23. The maximum atomic E-state index is 10.4. The zero-order chi connectivity index (χ0) is 10.6. The van der Waals surface area contributed by atoms with Crippen LogP contribution in [-0.2, 0) is 4.79 Å². The lowest BCUT2D eigenvalue weighted by molar-refractivity contribution is -0.110. The minimum atomic E-state index is 0.225. The Morgan fingerprint density at radius 1 is 1.57 bits per heavy atom. The van der Waals surface area contributed by atoms with Gasteiger partial charge in [0.25, 0.3) is 0 Å². The monoisotopic (exact) mass is 198 g/mol. The molecule has 3 atom stereocenters. The molecule has 3 unspecified atom stereocenters. The van der Waals surface area contributed by atoms with Crippen LogP contribution in [0.2, 0.25) is 0 Å². The lowest BCUT2D eigenvalue weighted by Crippen LogP contribution is -2.40. The molecule has 1 aliphatic rings. The summed E-state index contributed by atoms with van der Waals surface area (Å²) in [4.78, 5) is 10.4. The molecule has 0 aromatic carbocycles. The standard InChI is InChI=1S/C10H18N2O2/c1-7-3-4-9(8(2)12-14)5-10(7)11-6-13/h6-7,9-10,14H,3-5H2,1-2H3,(H,11,13)/b12-8+. The van der Waals surface area contributed by atoms with E-state index in [9.17, 15) is 4.79 Å². The third kappa shape index (κ3) is 2.47. The van der Waals surface area contributed by atoms with Crippen LogP contribution >= 0.6 is 0 Å². The van der Waals surface area contributed by atoms with Crippen molar-refractivity contribution in [1.82, 2.24) is 5.32 Å². The Morgan fingerprint density at radius 2 is 2.29 bits per heavy atom. The van der Waals surface area contributed by atoms with E-state index in [4.69, 9.17) is 5.21 Å². The van der Waals surface area contributed by atoms with Gasteiger partial charge in [-0.15, -0.1) is 0 Å². The summed E-state index contributed by atoms with van der Waals surface area (Å²) in [7, 11) is 0. The van der Waals surface area contributed by atoms with Crippen LogP contribution in [0.4, 0.5) is 0 Å². The summed E-state index contributed by atoms with van der Waals surface area (Å²) < 4.78 is 0. The lowest BCUT2D eigenvalue weighted by atomic mass is 9.77. The van der Waals surface area contributed by atoms with Gasteiger partial charge in [-0.2, -0.15) is 0 Å². The van der Waals surface area contributed by atoms with Crippen LogP contribution < -0.4 is 5.32 Å². The maximum Gasteiger partial charge on any atom is 0.207 e. The van der Waals surface area contributed by atoms with Gasteiger partial charge in [0.2, 0.25) is 6.41 Å². The Morgan fingerprint density at radius 3 is 2.86 bits per heavy atom. The summed E-state index contributed by atoms with van der Waals surface area (Å²) in [6.07, 6.45) is 3.77. The van der Waals surface area contributed by atoms with Crippen LogP contribution in [0.25, 0.3) is 0 Å². The van der Waals surface area contributed by atoms with Gasteiger partial charge in [-0.3, -0.25) is 4.79 Å². The second-order valence-electron chi connectivity index (χ2n) is 4.12. The quantitative estimate of drug-likeness (QED) is 0.311. The van der Waals surface area contributed by atoms with Crippen LogP contribution in [0.1, 0.15) is 33.1 Å². The van der Waals surface area contributed by atoms with E-state index in [1.165, 1.54) is 0 Å². The third-order valence-electron chi connectivity index (χ3n) is 3.23. The molecule has 2 N–H and O–H groups in total. The van der Waals surface area contributed by atoms with Gasteiger partial charge in [0, 0.05) is 12.0 Å². The average molecular weight is 198 g/mol. The molecule has 0 heterocycles. The van der Waals surface area contributed by atoms with Crippen molar-refractivity contribution < 1.29 is 10.0 Å². The van der Waals surface area contributed by atoms with E-state index in [1.54, 1.807) is 0 Å². The molecule has 0 aromatic heterocycles. The zero-order valence-corrected chi connectivity index (χ0v) is 8.73. The highest BCUT2D eigenvalue weighted by molar-refractivity contribution is 5.83. The maximum absolute atomic E-state index is 10.4. The van der Waals surface area contributed by atoms with Crippen LogP contribution in [-0.4, -0.2) is 23.4 Å². The van der Waals surface area contributed by atoms with Gasteiger partial charge < -0.3 is 10.5 Å². The van der Waals surface area contributed by atoms with Crippen molar-refractivity contribution in [2.24, 2.45) is 17.0 Å². The SMILES string of the molecule is C/C(=N\O)C1CCC(C)C(NC=O)C1. The molecule has 1 amide bonds. The minimum Gasteiger partial charge on any atom is -0.411 e. The molecule has 0 saturated heterocycles. The number of hydrogen-bond acceptors (Lipinski definition) is 3. The number of nitrogens with zero attached hydrogens (tertiary/aromatic N) is 1. The van der Waals surface area contributed by atoms with Gasteiger partial charge in [0.15, 0.2) is 0 Å². The molecule has 1 aliphatic carbocycles. The largest absolute Gasteiger partial charge is 0.411 e. The van der Waals surface area contributed by atoms with Gasteiger partial charge >= 0.3 is 0 Å². The molecule has 80 valence electrons. The fraction of sp³-hybridized carbons (Fsp3) is 0.800. The first-order valence-electron chi connectivity index (χ1n) is 5.07. The summed E-state index contributed by atoms with van der Waals surface area (Å²) in [5.74, 6) is 0.830. The normalized spacial score (nSPS) is 33.9. The fourth-order valence-electron chi connectivity index (χ4n) is 2.10. The average Bonchev–Trinajstić information content (AvgIpc) is 2.20. The van der Waals surface area contributed by atoms with Crippen molar-refractivity contribution in [2.75, 3.05) is 0 Å². The first-order chi connectivity index (χ1) is 6.69. The summed E-state index contributed by atoms with van der Waals surface area (Å²) in [6.45, 7) is 3.97. The molecule has 0 bridgehead atoms. The van der Waals surface area contributed by atoms with Gasteiger partial charge in [-0.05, 0) is 32.1 Å². The number of nitrogens with one attached hydrogen (secondary N) is 1. The minimum absolute atomic E-state index is 0.225. The molecule has 1 fully saturated rings. The second-order valence-corrected chi connectivity index (χ2v) is 4.12. The van der Waals surface area contributed by atoms with Crippen molar-refractivity contribution in [1.29, 1.82) is 0 Å². The van der Waals surface area contributed by atoms with Gasteiger partial charge in [-0.1, -0.05) is 12.1 Å². The molecule has 4 heteroatoms. The van der Waals surface area contributed by atoms with E-state index in [-0.39, 0.29) is 6.04 Å². The van der Waals surface area contributed by atoms with Gasteiger partial charge in [-0.25, -0.2) is 0 Å². The summed E-state index contributed by atoms with van der Waals surface area (Å²) in [5, 5.41) is 14.7. The Hall–Kier alpha value is -1.06. The number of carbonyl (C=O) groups is 1. The summed E-state index contributed by atoms with van der Waals surface area (Å²) in [5.41, 5.74) is 0.773. The van der Waals surface area contributed by atoms with E-state index in [0.29, 0.717) is 11.8 Å². The highest BCUT2D eigenvalue weighted by Crippen LogP contribution is 2.29. The Bertz CT molecular complexity index is 228. The van der Waals surface area contributed by atoms with Gasteiger partial charge in [0.1, 0.15) is 0 Å². The molecule has 1 rings (SSSR count). The fourth-order valence-corrected chi connectivity index (χ4v) is 2.10. The number of carbonyl (C=O) groups excluding carboxylic acids is 1. The van der Waals surface area contributed by atoms with Crippen molar-refractivity contribution >= 4 is 12.1 Å². The molecular weight excluding hydrogens is 180 g/mol. The first kappa shape index (κ1) is 11.0. The Balaban J connectivity index is 2.56. The van der Waals surface area contributed by atoms with E-state index in [1.807, 2.05) is 6.92 Å². The van der Waals surface area contributed by atoms with E-state index >= 15 is 0 Å². The summed E-state index contributed by atoms with van der Waals surface area (Å²) in [6, 6.07) is 0.225. The molecule has 14 heavy (non-hydrogen) atoms. The van der Waals surface area contributed by atoms with Crippen LogP contribution in [0.5, 0.6) is 0 Å². The van der Waals surface area contributed by atoms with Crippen molar-refractivity contribution in [3.63, 3.8) is 0 Å². The molecular formula is C10H18N2O2. The first-order valence-corrected chi connectivity index (χ1v) is 5.07. The molecule has 0 radical (unpaired) electrons. The number of rotatable bonds is 3. The number of amides is 1.